The molecule has 1 aliphatic carbocycles. The molecule has 1 saturated carbocycles. The third-order valence-electron chi connectivity index (χ3n) is 4.58. The van der Waals surface area contributed by atoms with Crippen LogP contribution in [0.4, 0.5) is 0 Å². The first kappa shape index (κ1) is 17.0. The molecule has 0 radical (unpaired) electrons. The van der Waals surface area contributed by atoms with Crippen molar-refractivity contribution in [2.75, 3.05) is 10.7 Å². The second-order valence-corrected chi connectivity index (χ2v) is 9.23. The molecule has 0 saturated heterocycles. The normalized spacial score (nSPS) is 17.9. The lowest BCUT2D eigenvalue weighted by Gasteiger charge is -2.35. The van der Waals surface area contributed by atoms with Gasteiger partial charge in [-0.1, -0.05) is 65.5 Å². The van der Waals surface area contributed by atoms with Crippen LogP contribution < -0.4 is 0 Å². The lowest BCUT2D eigenvalue weighted by molar-refractivity contribution is 0.232. The second-order valence-electron chi connectivity index (χ2n) is 7.16. The van der Waals surface area contributed by atoms with Crippen LogP contribution in [0.1, 0.15) is 57.2 Å². The molecule has 2 rings (SSSR count). The van der Waals surface area contributed by atoms with Crippen molar-refractivity contribution in [2.24, 2.45) is 11.3 Å². The highest BCUT2D eigenvalue weighted by molar-refractivity contribution is 9.09. The average molecular weight is 423 g/mol. The molecule has 20 heavy (non-hydrogen) atoms. The Hall–Kier alpha value is 0.590. The lowest BCUT2D eigenvalue weighted by Crippen LogP contribution is -2.35. The Morgan fingerprint density at radius 3 is 2.25 bits per heavy atom. The van der Waals surface area contributed by atoms with Crippen molar-refractivity contribution in [3.8, 4) is 0 Å². The van der Waals surface area contributed by atoms with E-state index in [1.54, 1.807) is 0 Å². The largest absolute Gasteiger partial charge is 0.246 e. The van der Waals surface area contributed by atoms with Gasteiger partial charge >= 0.3 is 0 Å². The Kier molecular flexibility index (Phi) is 5.75. The van der Waals surface area contributed by atoms with E-state index >= 15 is 0 Å². The predicted octanol–water partition coefficient (Wildman–Crippen LogP) is 5.95. The first-order valence-corrected chi connectivity index (χ1v) is 10.6. The summed E-state index contributed by atoms with van der Waals surface area (Å²) in [5, 5.41) is 5.69. The Morgan fingerprint density at radius 1 is 1.20 bits per heavy atom. The number of halogens is 2. The summed E-state index contributed by atoms with van der Waals surface area (Å²) in [6.07, 6.45) is 6.67. The van der Waals surface area contributed by atoms with Crippen molar-refractivity contribution in [2.45, 2.75) is 58.3 Å². The molecule has 1 heterocycles. The van der Waals surface area contributed by atoms with Crippen molar-refractivity contribution in [3.05, 3.63) is 16.1 Å². The summed E-state index contributed by atoms with van der Waals surface area (Å²) in [5.74, 6) is 0.836. The SMILES string of the molecule is CC(C)(C)c1csc(CC(CBr)(CBr)C2CCCC2)n1. The van der Waals surface area contributed by atoms with E-state index in [1.165, 1.54) is 36.4 Å². The molecule has 1 aromatic heterocycles. The number of alkyl halides is 2. The number of thiazole rings is 1. The minimum absolute atomic E-state index is 0.160. The molecule has 0 amide bonds. The van der Waals surface area contributed by atoms with Crippen LogP contribution in [0.5, 0.6) is 0 Å². The summed E-state index contributed by atoms with van der Waals surface area (Å²) in [4.78, 5) is 4.91. The van der Waals surface area contributed by atoms with Crippen molar-refractivity contribution in [3.63, 3.8) is 0 Å². The van der Waals surface area contributed by atoms with Gasteiger partial charge in [-0.3, -0.25) is 0 Å². The minimum atomic E-state index is 0.160. The molecule has 0 unspecified atom stereocenters. The van der Waals surface area contributed by atoms with E-state index in [0.29, 0.717) is 5.41 Å². The predicted molar refractivity (Wildman–Crippen MR) is 96.5 cm³/mol. The molecule has 1 fully saturated rings. The molecule has 1 nitrogen and oxygen atoms in total. The van der Waals surface area contributed by atoms with Gasteiger partial charge in [-0.05, 0) is 24.2 Å². The average Bonchev–Trinajstić information content (AvgIpc) is 3.06. The maximum Gasteiger partial charge on any atom is 0.0934 e. The smallest absolute Gasteiger partial charge is 0.0934 e. The van der Waals surface area contributed by atoms with E-state index in [1.807, 2.05) is 11.3 Å². The fourth-order valence-corrected chi connectivity index (χ4v) is 6.49. The highest BCUT2D eigenvalue weighted by Gasteiger charge is 2.39. The second kappa shape index (κ2) is 6.78. The maximum atomic E-state index is 4.91. The molecule has 0 spiro atoms. The number of rotatable bonds is 5. The van der Waals surface area contributed by atoms with Crippen LogP contribution in [0, 0.1) is 11.3 Å². The fourth-order valence-electron chi connectivity index (χ4n) is 3.07. The van der Waals surface area contributed by atoms with Crippen LogP contribution in [0.25, 0.3) is 0 Å². The van der Waals surface area contributed by atoms with Crippen LogP contribution in [0.2, 0.25) is 0 Å². The summed E-state index contributed by atoms with van der Waals surface area (Å²) < 4.78 is 0. The van der Waals surface area contributed by atoms with E-state index in [-0.39, 0.29) is 5.41 Å². The molecule has 4 heteroatoms. The zero-order chi connectivity index (χ0) is 14.8. The van der Waals surface area contributed by atoms with E-state index in [0.717, 1.165) is 23.0 Å². The Balaban J connectivity index is 2.17. The first-order chi connectivity index (χ1) is 9.41. The molecule has 0 aromatic carbocycles. The fraction of sp³-hybridized carbons (Fsp3) is 0.812. The third-order valence-corrected chi connectivity index (χ3v) is 7.66. The van der Waals surface area contributed by atoms with Crippen molar-refractivity contribution >= 4 is 43.2 Å². The van der Waals surface area contributed by atoms with Crippen molar-refractivity contribution in [1.29, 1.82) is 0 Å². The number of hydrogen-bond donors (Lipinski definition) is 0. The topological polar surface area (TPSA) is 12.9 Å². The molecule has 114 valence electrons. The van der Waals surface area contributed by atoms with Crippen LogP contribution in [-0.4, -0.2) is 15.6 Å². The monoisotopic (exact) mass is 421 g/mol. The zero-order valence-electron chi connectivity index (χ0n) is 12.7. The van der Waals surface area contributed by atoms with Gasteiger partial charge in [0.05, 0.1) is 10.7 Å². The van der Waals surface area contributed by atoms with E-state index in [4.69, 9.17) is 4.98 Å². The molecule has 0 bridgehead atoms. The minimum Gasteiger partial charge on any atom is -0.246 e. The van der Waals surface area contributed by atoms with Crippen molar-refractivity contribution in [1.82, 2.24) is 4.98 Å². The molecule has 0 N–H and O–H groups in total. The Labute approximate surface area is 144 Å². The van der Waals surface area contributed by atoms with Gasteiger partial charge in [0.2, 0.25) is 0 Å². The van der Waals surface area contributed by atoms with Crippen LogP contribution in [0.15, 0.2) is 5.38 Å². The quantitative estimate of drug-likeness (QED) is 0.534. The van der Waals surface area contributed by atoms with Gasteiger partial charge in [0.15, 0.2) is 0 Å². The van der Waals surface area contributed by atoms with E-state index < -0.39 is 0 Å². The van der Waals surface area contributed by atoms with Gasteiger partial charge < -0.3 is 0 Å². The van der Waals surface area contributed by atoms with Gasteiger partial charge in [-0.25, -0.2) is 4.98 Å². The van der Waals surface area contributed by atoms with Crippen molar-refractivity contribution < 1.29 is 0 Å². The zero-order valence-corrected chi connectivity index (χ0v) is 16.7. The summed E-state index contributed by atoms with van der Waals surface area (Å²) >= 11 is 9.43. The molecule has 1 aromatic rings. The Bertz CT molecular complexity index is 426. The highest BCUT2D eigenvalue weighted by atomic mass is 79.9. The van der Waals surface area contributed by atoms with Gasteiger partial charge in [0, 0.05) is 27.9 Å². The van der Waals surface area contributed by atoms with Crippen LogP contribution in [0.3, 0.4) is 0 Å². The van der Waals surface area contributed by atoms with E-state index in [2.05, 4.69) is 58.0 Å². The standard InChI is InChI=1S/C16H25Br2NS/c1-15(2,3)13-9-20-14(19-13)8-16(10-17,11-18)12-6-4-5-7-12/h9,12H,4-8,10-11H2,1-3H3. The molecule has 1 aliphatic rings. The maximum absolute atomic E-state index is 4.91. The van der Waals surface area contributed by atoms with Crippen LogP contribution in [-0.2, 0) is 11.8 Å². The molecular weight excluding hydrogens is 398 g/mol. The molecule has 0 atom stereocenters. The first-order valence-electron chi connectivity index (χ1n) is 7.48. The number of hydrogen-bond acceptors (Lipinski definition) is 2. The summed E-state index contributed by atoms with van der Waals surface area (Å²) in [6, 6.07) is 0. The van der Waals surface area contributed by atoms with Crippen LogP contribution >= 0.6 is 43.2 Å². The summed E-state index contributed by atoms with van der Waals surface area (Å²) in [6.45, 7) is 6.72. The van der Waals surface area contributed by atoms with E-state index in [9.17, 15) is 0 Å². The third kappa shape index (κ3) is 3.67. The lowest BCUT2D eigenvalue weighted by atomic mass is 9.75. The van der Waals surface area contributed by atoms with Gasteiger partial charge in [0.1, 0.15) is 0 Å². The molecular formula is C16H25Br2NS. The number of aromatic nitrogens is 1. The number of nitrogens with zero attached hydrogens (tertiary/aromatic N) is 1. The highest BCUT2D eigenvalue weighted by Crippen LogP contribution is 2.45. The van der Waals surface area contributed by atoms with Gasteiger partial charge in [-0.15, -0.1) is 11.3 Å². The Morgan fingerprint density at radius 2 is 1.80 bits per heavy atom. The molecule has 0 aliphatic heterocycles. The summed E-state index contributed by atoms with van der Waals surface area (Å²) in [7, 11) is 0. The van der Waals surface area contributed by atoms with Gasteiger partial charge in [-0.2, -0.15) is 0 Å². The summed E-state index contributed by atoms with van der Waals surface area (Å²) in [5.41, 5.74) is 1.74. The van der Waals surface area contributed by atoms with Gasteiger partial charge in [0.25, 0.3) is 0 Å².